The van der Waals surface area contributed by atoms with Crippen LogP contribution in [0.4, 0.5) is 0 Å². The lowest BCUT2D eigenvalue weighted by molar-refractivity contribution is -0.160. The second kappa shape index (κ2) is 3.65. The molecule has 1 aliphatic rings. The van der Waals surface area contributed by atoms with Crippen LogP contribution in [0.3, 0.4) is 0 Å². The van der Waals surface area contributed by atoms with Crippen LogP contribution in [0.15, 0.2) is 5.16 Å². The van der Waals surface area contributed by atoms with Gasteiger partial charge in [-0.25, -0.2) is 9.59 Å². The fourth-order valence-electron chi connectivity index (χ4n) is 0.978. The Bertz CT molecular complexity index is 298. The summed E-state index contributed by atoms with van der Waals surface area (Å²) < 4.78 is 4.66. The third-order valence-electron chi connectivity index (χ3n) is 1.83. The van der Waals surface area contributed by atoms with E-state index in [-0.39, 0.29) is 18.7 Å². The quantitative estimate of drug-likeness (QED) is 0.658. The van der Waals surface area contributed by atoms with Gasteiger partial charge in [0.25, 0.3) is 0 Å². The number of aliphatic carboxylic acids is 1. The molecule has 6 nitrogen and oxygen atoms in total. The number of ether oxygens (including phenoxy) is 1. The second-order valence-electron chi connectivity index (χ2n) is 3.06. The number of carboxylic acid groups (broad SMARTS) is 1. The molecule has 0 amide bonds. The first-order valence-electron chi connectivity index (χ1n) is 4.15. The van der Waals surface area contributed by atoms with Gasteiger partial charge in [-0.05, 0) is 13.8 Å². The van der Waals surface area contributed by atoms with Crippen molar-refractivity contribution in [2.45, 2.75) is 25.9 Å². The molecule has 0 saturated carbocycles. The zero-order valence-corrected chi connectivity index (χ0v) is 7.94. The third kappa shape index (κ3) is 1.84. The normalized spacial score (nSPS) is 25.1. The summed E-state index contributed by atoms with van der Waals surface area (Å²) in [5, 5.41) is 12.1. The predicted octanol–water partition coefficient (Wildman–Crippen LogP) is 0.169. The first-order valence-corrected chi connectivity index (χ1v) is 4.15. The monoisotopic (exact) mass is 201 g/mol. The van der Waals surface area contributed by atoms with Gasteiger partial charge in [-0.3, -0.25) is 0 Å². The molecule has 78 valence electrons. The average Bonchev–Trinajstić information content (AvgIpc) is 2.50. The third-order valence-corrected chi connectivity index (χ3v) is 1.83. The van der Waals surface area contributed by atoms with Crippen molar-refractivity contribution in [2.75, 3.05) is 6.61 Å². The van der Waals surface area contributed by atoms with E-state index in [0.717, 1.165) is 0 Å². The minimum atomic E-state index is -1.44. The lowest BCUT2D eigenvalue weighted by atomic mass is 10.0. The van der Waals surface area contributed by atoms with Gasteiger partial charge in [-0.15, -0.1) is 0 Å². The standard InChI is InChI=1S/C8H11NO5/c1-3-13-6(10)5-4-8(2,7(11)12)14-9-5/h3-4H2,1-2H3,(H,11,12). The van der Waals surface area contributed by atoms with Crippen molar-refractivity contribution in [3.63, 3.8) is 0 Å². The van der Waals surface area contributed by atoms with Crippen LogP contribution in [0.1, 0.15) is 20.3 Å². The van der Waals surface area contributed by atoms with Crippen molar-refractivity contribution in [2.24, 2.45) is 5.16 Å². The summed E-state index contributed by atoms with van der Waals surface area (Å²) in [5.41, 5.74) is -1.43. The maximum atomic E-state index is 11.1. The summed E-state index contributed by atoms with van der Waals surface area (Å²) in [7, 11) is 0. The van der Waals surface area contributed by atoms with Gasteiger partial charge in [0.15, 0.2) is 5.71 Å². The Hall–Kier alpha value is -1.59. The highest BCUT2D eigenvalue weighted by molar-refractivity contribution is 6.37. The molecular formula is C8H11NO5. The Kier molecular flexibility index (Phi) is 2.73. The Morgan fingerprint density at radius 3 is 2.79 bits per heavy atom. The SMILES string of the molecule is CCOC(=O)C1=NOC(C)(C(=O)O)C1. The van der Waals surface area contributed by atoms with E-state index in [1.54, 1.807) is 6.92 Å². The van der Waals surface area contributed by atoms with Crippen molar-refractivity contribution < 1.29 is 24.3 Å². The van der Waals surface area contributed by atoms with Crippen molar-refractivity contribution >= 4 is 17.7 Å². The van der Waals surface area contributed by atoms with Gasteiger partial charge in [0.05, 0.1) is 13.0 Å². The van der Waals surface area contributed by atoms with Gasteiger partial charge in [0.2, 0.25) is 5.60 Å². The molecule has 0 aromatic heterocycles. The van der Waals surface area contributed by atoms with Crippen LogP contribution < -0.4 is 0 Å². The molecule has 6 heteroatoms. The van der Waals surface area contributed by atoms with Crippen molar-refractivity contribution in [3.05, 3.63) is 0 Å². The smallest absolute Gasteiger partial charge is 0.356 e. The van der Waals surface area contributed by atoms with E-state index in [9.17, 15) is 9.59 Å². The molecule has 1 unspecified atom stereocenters. The highest BCUT2D eigenvalue weighted by atomic mass is 16.7. The summed E-state index contributed by atoms with van der Waals surface area (Å²) in [6.07, 6.45) is -0.0683. The van der Waals surface area contributed by atoms with Crippen LogP contribution in [-0.2, 0) is 19.2 Å². The number of carbonyl (C=O) groups is 2. The summed E-state index contributed by atoms with van der Waals surface area (Å²) in [6.45, 7) is 3.23. The fourth-order valence-corrected chi connectivity index (χ4v) is 0.978. The highest BCUT2D eigenvalue weighted by Gasteiger charge is 2.44. The van der Waals surface area contributed by atoms with Crippen LogP contribution >= 0.6 is 0 Å². The molecule has 1 rings (SSSR count). The minimum absolute atomic E-state index is 0.0109. The molecule has 0 saturated heterocycles. The molecule has 1 N–H and O–H groups in total. The van der Waals surface area contributed by atoms with E-state index in [0.29, 0.717) is 0 Å². The van der Waals surface area contributed by atoms with Gasteiger partial charge >= 0.3 is 11.9 Å². The van der Waals surface area contributed by atoms with E-state index >= 15 is 0 Å². The fraction of sp³-hybridized carbons (Fsp3) is 0.625. The van der Waals surface area contributed by atoms with Gasteiger partial charge in [0.1, 0.15) is 0 Å². The molecule has 1 atom stereocenters. The zero-order chi connectivity index (χ0) is 10.8. The van der Waals surface area contributed by atoms with Gasteiger partial charge < -0.3 is 14.7 Å². The largest absolute Gasteiger partial charge is 0.478 e. The molecule has 0 aromatic carbocycles. The number of carboxylic acids is 1. The molecule has 14 heavy (non-hydrogen) atoms. The number of oxime groups is 1. The summed E-state index contributed by atoms with van der Waals surface area (Å²) in [6, 6.07) is 0. The van der Waals surface area contributed by atoms with E-state index in [1.165, 1.54) is 6.92 Å². The Balaban J connectivity index is 2.64. The van der Waals surface area contributed by atoms with E-state index < -0.39 is 17.5 Å². The Morgan fingerprint density at radius 2 is 2.36 bits per heavy atom. The maximum absolute atomic E-state index is 11.1. The number of hydrogen-bond acceptors (Lipinski definition) is 5. The van der Waals surface area contributed by atoms with Crippen LogP contribution in [-0.4, -0.2) is 35.0 Å². The predicted molar refractivity (Wildman–Crippen MR) is 45.8 cm³/mol. The molecule has 0 aromatic rings. The summed E-state index contributed by atoms with van der Waals surface area (Å²) >= 11 is 0. The van der Waals surface area contributed by atoms with Crippen molar-refractivity contribution in [1.82, 2.24) is 0 Å². The molecule has 0 fully saturated rings. The summed E-state index contributed by atoms with van der Waals surface area (Å²) in [4.78, 5) is 26.5. The zero-order valence-electron chi connectivity index (χ0n) is 7.94. The minimum Gasteiger partial charge on any atom is -0.478 e. The van der Waals surface area contributed by atoms with Gasteiger partial charge in [-0.1, -0.05) is 5.16 Å². The second-order valence-corrected chi connectivity index (χ2v) is 3.06. The number of esters is 1. The molecule has 1 aliphatic heterocycles. The topological polar surface area (TPSA) is 85.2 Å². The molecule has 1 heterocycles. The van der Waals surface area contributed by atoms with Crippen LogP contribution in [0, 0.1) is 0 Å². The van der Waals surface area contributed by atoms with E-state index in [1.807, 2.05) is 0 Å². The number of carbonyl (C=O) groups excluding carboxylic acids is 1. The Morgan fingerprint density at radius 1 is 1.71 bits per heavy atom. The molecule has 0 aliphatic carbocycles. The molecule has 0 radical (unpaired) electrons. The van der Waals surface area contributed by atoms with E-state index in [2.05, 4.69) is 14.7 Å². The Labute approximate surface area is 80.5 Å². The first-order chi connectivity index (χ1) is 6.49. The van der Waals surface area contributed by atoms with E-state index in [4.69, 9.17) is 5.11 Å². The van der Waals surface area contributed by atoms with Crippen LogP contribution in [0.2, 0.25) is 0 Å². The molecule has 0 spiro atoms. The summed E-state index contributed by atoms with van der Waals surface area (Å²) in [5.74, 6) is -1.78. The molecule has 0 bridgehead atoms. The number of hydrogen-bond donors (Lipinski definition) is 1. The lowest BCUT2D eigenvalue weighted by Crippen LogP contribution is -2.36. The number of nitrogens with zero attached hydrogens (tertiary/aromatic N) is 1. The lowest BCUT2D eigenvalue weighted by Gasteiger charge is -2.14. The highest BCUT2D eigenvalue weighted by Crippen LogP contribution is 2.23. The average molecular weight is 201 g/mol. The van der Waals surface area contributed by atoms with Gasteiger partial charge in [0, 0.05) is 0 Å². The van der Waals surface area contributed by atoms with Crippen molar-refractivity contribution in [3.8, 4) is 0 Å². The molecular weight excluding hydrogens is 190 g/mol. The van der Waals surface area contributed by atoms with Crippen LogP contribution in [0.5, 0.6) is 0 Å². The van der Waals surface area contributed by atoms with Crippen LogP contribution in [0.25, 0.3) is 0 Å². The first kappa shape index (κ1) is 10.5. The van der Waals surface area contributed by atoms with Gasteiger partial charge in [-0.2, -0.15) is 0 Å². The number of rotatable bonds is 3. The maximum Gasteiger partial charge on any atom is 0.356 e. The van der Waals surface area contributed by atoms with Crippen molar-refractivity contribution in [1.29, 1.82) is 0 Å².